The first-order chi connectivity index (χ1) is 9.67. The van der Waals surface area contributed by atoms with Crippen molar-refractivity contribution >= 4 is 0 Å². The van der Waals surface area contributed by atoms with E-state index in [1.54, 1.807) is 11.1 Å². The molecule has 3 fully saturated rings. The summed E-state index contributed by atoms with van der Waals surface area (Å²) in [6.07, 6.45) is 19.6. The van der Waals surface area contributed by atoms with Crippen LogP contribution in [-0.2, 0) is 0 Å². The van der Waals surface area contributed by atoms with Crippen molar-refractivity contribution < 1.29 is 0 Å². The van der Waals surface area contributed by atoms with Crippen molar-refractivity contribution in [2.24, 2.45) is 10.8 Å². The first-order valence-electron chi connectivity index (χ1n) is 9.04. The van der Waals surface area contributed by atoms with E-state index in [0.29, 0.717) is 10.8 Å². The molecule has 0 bridgehead atoms. The lowest BCUT2D eigenvalue weighted by Gasteiger charge is -2.21. The molecule has 0 heteroatoms. The topological polar surface area (TPSA) is 0 Å². The van der Waals surface area contributed by atoms with Crippen LogP contribution in [0.4, 0.5) is 0 Å². The SMILES string of the molecule is C=C1CCCCCC2(CC2)C(=C)CCCCCC12CC2. The van der Waals surface area contributed by atoms with Gasteiger partial charge in [0.2, 0.25) is 0 Å². The van der Waals surface area contributed by atoms with Crippen LogP contribution < -0.4 is 0 Å². The molecule has 0 aromatic heterocycles. The lowest BCUT2D eigenvalue weighted by atomic mass is 9.84. The molecule has 3 aliphatic rings. The molecule has 0 atom stereocenters. The maximum atomic E-state index is 4.44. The van der Waals surface area contributed by atoms with E-state index in [2.05, 4.69) is 13.2 Å². The van der Waals surface area contributed by atoms with Crippen molar-refractivity contribution in [3.05, 3.63) is 24.3 Å². The molecular weight excluding hydrogens is 240 g/mol. The minimum Gasteiger partial charge on any atom is -0.0993 e. The molecule has 3 aliphatic carbocycles. The van der Waals surface area contributed by atoms with E-state index in [1.807, 2.05) is 0 Å². The van der Waals surface area contributed by atoms with Gasteiger partial charge < -0.3 is 0 Å². The van der Waals surface area contributed by atoms with Crippen LogP contribution >= 0.6 is 0 Å². The first-order valence-corrected chi connectivity index (χ1v) is 9.04. The van der Waals surface area contributed by atoms with Gasteiger partial charge in [0.15, 0.2) is 0 Å². The fourth-order valence-corrected chi connectivity index (χ4v) is 4.35. The van der Waals surface area contributed by atoms with Gasteiger partial charge in [-0.05, 0) is 75.0 Å². The third-order valence-electron chi connectivity index (χ3n) is 6.47. The molecule has 20 heavy (non-hydrogen) atoms. The van der Waals surface area contributed by atoms with Crippen molar-refractivity contribution in [3.8, 4) is 0 Å². The highest BCUT2D eigenvalue weighted by Crippen LogP contribution is 2.58. The first kappa shape index (κ1) is 14.4. The smallest absolute Gasteiger partial charge is 0.00901 e. The number of hydrogen-bond acceptors (Lipinski definition) is 0. The molecule has 2 spiro atoms. The molecule has 0 nitrogen and oxygen atoms in total. The maximum absolute atomic E-state index is 4.44. The summed E-state index contributed by atoms with van der Waals surface area (Å²) in [6.45, 7) is 8.88. The quantitative estimate of drug-likeness (QED) is 0.437. The summed E-state index contributed by atoms with van der Waals surface area (Å²) >= 11 is 0. The van der Waals surface area contributed by atoms with Gasteiger partial charge in [-0.2, -0.15) is 0 Å². The van der Waals surface area contributed by atoms with Gasteiger partial charge in [0.25, 0.3) is 0 Å². The van der Waals surface area contributed by atoms with Gasteiger partial charge >= 0.3 is 0 Å². The highest BCUT2D eigenvalue weighted by molar-refractivity contribution is 5.20. The molecule has 0 aromatic rings. The zero-order valence-electron chi connectivity index (χ0n) is 13.3. The zero-order valence-corrected chi connectivity index (χ0v) is 13.3. The Hall–Kier alpha value is -0.520. The summed E-state index contributed by atoms with van der Waals surface area (Å²) in [5, 5.41) is 0. The predicted octanol–water partition coefficient (Wildman–Crippen LogP) is 6.57. The van der Waals surface area contributed by atoms with E-state index >= 15 is 0 Å². The summed E-state index contributed by atoms with van der Waals surface area (Å²) in [6, 6.07) is 0. The summed E-state index contributed by atoms with van der Waals surface area (Å²) < 4.78 is 0. The molecule has 0 aromatic carbocycles. The Morgan fingerprint density at radius 2 is 0.900 bits per heavy atom. The normalized spacial score (nSPS) is 30.2. The van der Waals surface area contributed by atoms with Gasteiger partial charge in [0.1, 0.15) is 0 Å². The standard InChI is InChI=1S/C20H32/c1-17-9-5-3-8-12-20(15-16-20)18(2)10-6-4-7-11-19(17)13-14-19/h1-16H2. The molecule has 0 heterocycles. The minimum atomic E-state index is 0.596. The van der Waals surface area contributed by atoms with E-state index < -0.39 is 0 Å². The molecule has 112 valence electrons. The van der Waals surface area contributed by atoms with Gasteiger partial charge in [-0.3, -0.25) is 0 Å². The molecule has 0 radical (unpaired) electrons. The summed E-state index contributed by atoms with van der Waals surface area (Å²) in [4.78, 5) is 0. The molecule has 0 N–H and O–H groups in total. The fourth-order valence-electron chi connectivity index (χ4n) is 4.35. The summed E-state index contributed by atoms with van der Waals surface area (Å²) in [5.74, 6) is 0. The third-order valence-corrected chi connectivity index (χ3v) is 6.47. The number of rotatable bonds is 0. The summed E-state index contributed by atoms with van der Waals surface area (Å²) in [5.41, 5.74) is 4.39. The average molecular weight is 272 g/mol. The van der Waals surface area contributed by atoms with Crippen molar-refractivity contribution in [1.29, 1.82) is 0 Å². The molecule has 0 saturated heterocycles. The van der Waals surface area contributed by atoms with Crippen LogP contribution in [0, 0.1) is 10.8 Å². The number of allylic oxidation sites excluding steroid dienone is 2. The van der Waals surface area contributed by atoms with Crippen LogP contribution in [0.3, 0.4) is 0 Å². The monoisotopic (exact) mass is 272 g/mol. The number of hydrogen-bond donors (Lipinski definition) is 0. The Morgan fingerprint density at radius 3 is 1.25 bits per heavy atom. The molecule has 0 unspecified atom stereocenters. The van der Waals surface area contributed by atoms with Crippen molar-refractivity contribution in [3.63, 3.8) is 0 Å². The Kier molecular flexibility index (Phi) is 4.11. The third kappa shape index (κ3) is 3.05. The predicted molar refractivity (Wildman–Crippen MR) is 87.8 cm³/mol. The maximum Gasteiger partial charge on any atom is -0.00901 e. The Morgan fingerprint density at radius 1 is 0.500 bits per heavy atom. The van der Waals surface area contributed by atoms with E-state index in [-0.39, 0.29) is 0 Å². The van der Waals surface area contributed by atoms with Crippen LogP contribution in [0.2, 0.25) is 0 Å². The van der Waals surface area contributed by atoms with Crippen molar-refractivity contribution in [2.45, 2.75) is 89.9 Å². The van der Waals surface area contributed by atoms with Crippen LogP contribution in [0.5, 0.6) is 0 Å². The lowest BCUT2D eigenvalue weighted by Crippen LogP contribution is -2.07. The zero-order chi connectivity index (χ0) is 14.1. The van der Waals surface area contributed by atoms with Gasteiger partial charge in [0.05, 0.1) is 0 Å². The van der Waals surface area contributed by atoms with E-state index in [4.69, 9.17) is 0 Å². The minimum absolute atomic E-state index is 0.596. The molecule has 0 aliphatic heterocycles. The highest BCUT2D eigenvalue weighted by atomic mass is 14.5. The molecule has 0 amide bonds. The Bertz CT molecular complexity index is 341. The lowest BCUT2D eigenvalue weighted by molar-refractivity contribution is 0.443. The van der Waals surface area contributed by atoms with E-state index in [0.717, 1.165) is 0 Å². The second-order valence-electron chi connectivity index (χ2n) is 7.89. The summed E-state index contributed by atoms with van der Waals surface area (Å²) in [7, 11) is 0. The van der Waals surface area contributed by atoms with Gasteiger partial charge in [0, 0.05) is 0 Å². The van der Waals surface area contributed by atoms with Crippen LogP contribution in [0.15, 0.2) is 24.3 Å². The van der Waals surface area contributed by atoms with Crippen LogP contribution in [0.1, 0.15) is 89.9 Å². The highest BCUT2D eigenvalue weighted by Gasteiger charge is 2.45. The van der Waals surface area contributed by atoms with E-state index in [9.17, 15) is 0 Å². The fraction of sp³-hybridized carbons (Fsp3) is 0.800. The van der Waals surface area contributed by atoms with Gasteiger partial charge in [-0.25, -0.2) is 0 Å². The van der Waals surface area contributed by atoms with Crippen molar-refractivity contribution in [1.82, 2.24) is 0 Å². The molecule has 3 saturated carbocycles. The largest absolute Gasteiger partial charge is 0.0993 e. The Balaban J connectivity index is 1.55. The molecular formula is C20H32. The molecule has 3 rings (SSSR count). The van der Waals surface area contributed by atoms with Crippen LogP contribution in [-0.4, -0.2) is 0 Å². The van der Waals surface area contributed by atoms with Gasteiger partial charge in [-0.1, -0.05) is 50.0 Å². The van der Waals surface area contributed by atoms with Crippen LogP contribution in [0.25, 0.3) is 0 Å². The van der Waals surface area contributed by atoms with Gasteiger partial charge in [-0.15, -0.1) is 0 Å². The second kappa shape index (κ2) is 5.70. The van der Waals surface area contributed by atoms with Crippen molar-refractivity contribution in [2.75, 3.05) is 0 Å². The van der Waals surface area contributed by atoms with E-state index in [1.165, 1.54) is 89.9 Å². The average Bonchev–Trinajstić information content (AvgIpc) is 3.32. The Labute approximate surface area is 125 Å². The second-order valence-corrected chi connectivity index (χ2v) is 7.89.